The van der Waals surface area contributed by atoms with Crippen LogP contribution in [0.4, 0.5) is 0 Å². The highest BCUT2D eigenvalue weighted by Crippen LogP contribution is 2.32. The minimum absolute atomic E-state index is 0.0423. The lowest BCUT2D eigenvalue weighted by molar-refractivity contribution is -0.238. The molecule has 0 radical (unpaired) electrons. The average Bonchev–Trinajstić information content (AvgIpc) is 2.42. The van der Waals surface area contributed by atoms with E-state index < -0.39 is 5.79 Å². The molecule has 1 unspecified atom stereocenters. The van der Waals surface area contributed by atoms with E-state index >= 15 is 0 Å². The number of Topliss-reactive ketones (excluding diaryl/α,β-unsaturated/α-hetero) is 1. The van der Waals surface area contributed by atoms with Crippen molar-refractivity contribution in [1.29, 1.82) is 0 Å². The number of carbonyl (C=O) groups excluding carboxylic acids is 1. The fourth-order valence-electron chi connectivity index (χ4n) is 1.65. The van der Waals surface area contributed by atoms with Crippen LogP contribution in [0.2, 0.25) is 0 Å². The molecule has 0 aromatic carbocycles. The molecule has 1 aliphatic carbocycles. The van der Waals surface area contributed by atoms with Crippen molar-refractivity contribution in [1.82, 2.24) is 0 Å². The first-order valence-electron chi connectivity index (χ1n) is 3.87. The van der Waals surface area contributed by atoms with Gasteiger partial charge in [-0.2, -0.15) is 0 Å². The molecule has 1 saturated carbocycles. The summed E-state index contributed by atoms with van der Waals surface area (Å²) in [5.41, 5.74) is 0. The fraction of sp³-hybridized carbons (Fsp3) is 0.875. The zero-order valence-corrected chi connectivity index (χ0v) is 7.62. The van der Waals surface area contributed by atoms with E-state index in [0.717, 1.165) is 0 Å². The molecule has 0 aromatic rings. The van der Waals surface area contributed by atoms with E-state index in [0.29, 0.717) is 12.8 Å². The van der Waals surface area contributed by atoms with Crippen molar-refractivity contribution < 1.29 is 19.0 Å². The Kier molecular flexibility index (Phi) is 2.82. The van der Waals surface area contributed by atoms with Gasteiger partial charge in [-0.25, -0.2) is 0 Å². The van der Waals surface area contributed by atoms with Gasteiger partial charge in [-0.1, -0.05) is 0 Å². The minimum Gasteiger partial charge on any atom is -0.375 e. The molecule has 0 spiro atoms. The summed E-state index contributed by atoms with van der Waals surface area (Å²) in [5.74, 6) is -1.20. The predicted molar refractivity (Wildman–Crippen MR) is 41.8 cm³/mol. The molecule has 0 amide bonds. The summed E-state index contributed by atoms with van der Waals surface area (Å²) in [7, 11) is 4.47. The molecule has 70 valence electrons. The van der Waals surface area contributed by atoms with Crippen molar-refractivity contribution in [2.24, 2.45) is 0 Å². The van der Waals surface area contributed by atoms with Gasteiger partial charge in [0.1, 0.15) is 6.10 Å². The molecule has 0 N–H and O–H groups in total. The summed E-state index contributed by atoms with van der Waals surface area (Å²) < 4.78 is 15.2. The number of rotatable bonds is 3. The van der Waals surface area contributed by atoms with E-state index in [1.807, 2.05) is 0 Å². The van der Waals surface area contributed by atoms with Gasteiger partial charge in [0, 0.05) is 27.8 Å². The summed E-state index contributed by atoms with van der Waals surface area (Å²) in [6, 6.07) is 0. The Hall–Kier alpha value is -0.450. The number of hydrogen-bond donors (Lipinski definition) is 0. The Morgan fingerprint density at radius 1 is 1.33 bits per heavy atom. The summed E-state index contributed by atoms with van der Waals surface area (Å²) in [6.07, 6.45) is 0.844. The van der Waals surface area contributed by atoms with Crippen LogP contribution in [0, 0.1) is 0 Å². The maximum Gasteiger partial charge on any atom is 0.255 e. The van der Waals surface area contributed by atoms with Crippen molar-refractivity contribution in [3.05, 3.63) is 0 Å². The van der Waals surface area contributed by atoms with Gasteiger partial charge in [-0.3, -0.25) is 4.79 Å². The summed E-state index contributed by atoms with van der Waals surface area (Å²) in [6.45, 7) is 0. The molecule has 0 aliphatic heterocycles. The van der Waals surface area contributed by atoms with Gasteiger partial charge < -0.3 is 14.2 Å². The van der Waals surface area contributed by atoms with Gasteiger partial charge >= 0.3 is 0 Å². The number of ether oxygens (including phenoxy) is 3. The van der Waals surface area contributed by atoms with E-state index in [2.05, 4.69) is 0 Å². The largest absolute Gasteiger partial charge is 0.375 e. The Bertz CT molecular complexity index is 174. The van der Waals surface area contributed by atoms with Crippen LogP contribution in [0.25, 0.3) is 0 Å². The minimum atomic E-state index is -1.16. The zero-order chi connectivity index (χ0) is 9.19. The number of ketones is 1. The SMILES string of the molecule is COC1CCC(=O)C1(OC)OC. The molecule has 0 aromatic heterocycles. The lowest BCUT2D eigenvalue weighted by Gasteiger charge is -2.29. The van der Waals surface area contributed by atoms with Gasteiger partial charge in [0.15, 0.2) is 5.78 Å². The maximum atomic E-state index is 11.4. The number of carbonyl (C=O) groups is 1. The first kappa shape index (κ1) is 9.64. The first-order valence-corrected chi connectivity index (χ1v) is 3.87. The fourth-order valence-corrected chi connectivity index (χ4v) is 1.65. The van der Waals surface area contributed by atoms with E-state index in [1.165, 1.54) is 14.2 Å². The Balaban J connectivity index is 2.86. The molecule has 1 aliphatic rings. The summed E-state index contributed by atoms with van der Waals surface area (Å²) >= 11 is 0. The van der Waals surface area contributed by atoms with Crippen molar-refractivity contribution in [2.45, 2.75) is 24.7 Å². The average molecular weight is 174 g/mol. The van der Waals surface area contributed by atoms with Crippen molar-refractivity contribution in [3.8, 4) is 0 Å². The van der Waals surface area contributed by atoms with Crippen LogP contribution in [0.15, 0.2) is 0 Å². The van der Waals surface area contributed by atoms with Crippen molar-refractivity contribution in [2.75, 3.05) is 21.3 Å². The van der Waals surface area contributed by atoms with Crippen LogP contribution in [0.3, 0.4) is 0 Å². The molecular formula is C8H14O4. The standard InChI is InChI=1S/C8H14O4/c1-10-7-5-4-6(9)8(7,11-2)12-3/h7H,4-5H2,1-3H3. The van der Waals surface area contributed by atoms with Crippen LogP contribution < -0.4 is 0 Å². The second kappa shape index (κ2) is 3.51. The van der Waals surface area contributed by atoms with Crippen LogP contribution in [0.5, 0.6) is 0 Å². The highest BCUT2D eigenvalue weighted by molar-refractivity contribution is 5.88. The zero-order valence-electron chi connectivity index (χ0n) is 7.62. The highest BCUT2D eigenvalue weighted by Gasteiger charge is 2.51. The van der Waals surface area contributed by atoms with Gasteiger partial charge in [0.2, 0.25) is 0 Å². The second-order valence-electron chi connectivity index (χ2n) is 2.76. The molecule has 1 atom stereocenters. The monoisotopic (exact) mass is 174 g/mol. The number of hydrogen-bond acceptors (Lipinski definition) is 4. The van der Waals surface area contributed by atoms with Gasteiger partial charge in [-0.05, 0) is 6.42 Å². The second-order valence-corrected chi connectivity index (χ2v) is 2.76. The molecule has 1 fully saturated rings. The molecule has 0 heterocycles. The van der Waals surface area contributed by atoms with E-state index in [9.17, 15) is 4.79 Å². The lowest BCUT2D eigenvalue weighted by Crippen LogP contribution is -2.48. The predicted octanol–water partition coefficient (Wildman–Crippen LogP) is 0.353. The van der Waals surface area contributed by atoms with Crippen molar-refractivity contribution >= 4 is 5.78 Å². The lowest BCUT2D eigenvalue weighted by atomic mass is 10.2. The molecule has 12 heavy (non-hydrogen) atoms. The molecule has 0 saturated heterocycles. The highest BCUT2D eigenvalue weighted by atomic mass is 16.7. The van der Waals surface area contributed by atoms with Crippen LogP contribution >= 0.6 is 0 Å². The Labute approximate surface area is 71.8 Å². The van der Waals surface area contributed by atoms with Gasteiger partial charge in [-0.15, -0.1) is 0 Å². The number of methoxy groups -OCH3 is 3. The third-order valence-electron chi connectivity index (χ3n) is 2.34. The molecule has 1 rings (SSSR count). The quantitative estimate of drug-likeness (QED) is 0.579. The van der Waals surface area contributed by atoms with E-state index in [4.69, 9.17) is 14.2 Å². The van der Waals surface area contributed by atoms with Crippen LogP contribution in [-0.2, 0) is 19.0 Å². The van der Waals surface area contributed by atoms with Gasteiger partial charge in [0.05, 0.1) is 0 Å². The third kappa shape index (κ3) is 1.16. The smallest absolute Gasteiger partial charge is 0.255 e. The third-order valence-corrected chi connectivity index (χ3v) is 2.34. The van der Waals surface area contributed by atoms with E-state index in [-0.39, 0.29) is 11.9 Å². The first-order chi connectivity index (χ1) is 5.71. The Morgan fingerprint density at radius 2 is 1.92 bits per heavy atom. The van der Waals surface area contributed by atoms with Gasteiger partial charge in [0.25, 0.3) is 5.79 Å². The molecule has 0 bridgehead atoms. The molecule has 4 nitrogen and oxygen atoms in total. The summed E-state index contributed by atoms with van der Waals surface area (Å²) in [4.78, 5) is 11.4. The summed E-state index contributed by atoms with van der Waals surface area (Å²) in [5, 5.41) is 0. The van der Waals surface area contributed by atoms with Crippen LogP contribution in [-0.4, -0.2) is 39.0 Å². The van der Waals surface area contributed by atoms with E-state index in [1.54, 1.807) is 7.11 Å². The molecular weight excluding hydrogens is 160 g/mol. The van der Waals surface area contributed by atoms with Crippen LogP contribution in [0.1, 0.15) is 12.8 Å². The van der Waals surface area contributed by atoms with Crippen molar-refractivity contribution in [3.63, 3.8) is 0 Å². The molecule has 4 heteroatoms. The Morgan fingerprint density at radius 3 is 2.25 bits per heavy atom. The maximum absolute atomic E-state index is 11.4. The topological polar surface area (TPSA) is 44.8 Å². The normalized spacial score (nSPS) is 27.9.